The van der Waals surface area contributed by atoms with E-state index in [0.717, 1.165) is 13.0 Å². The first-order chi connectivity index (χ1) is 10.9. The van der Waals surface area contributed by atoms with Gasteiger partial charge < -0.3 is 15.1 Å². The molecule has 0 aliphatic carbocycles. The molecule has 0 spiro atoms. The van der Waals surface area contributed by atoms with Crippen LogP contribution in [0.1, 0.15) is 24.8 Å². The van der Waals surface area contributed by atoms with Gasteiger partial charge in [0.25, 0.3) is 0 Å². The molecule has 3 rings (SSSR count). The van der Waals surface area contributed by atoms with E-state index < -0.39 is 0 Å². The van der Waals surface area contributed by atoms with Crippen molar-refractivity contribution in [1.82, 2.24) is 9.80 Å². The minimum absolute atomic E-state index is 0.0282. The van der Waals surface area contributed by atoms with Crippen LogP contribution in [-0.4, -0.2) is 64.2 Å². The Morgan fingerprint density at radius 2 is 2.09 bits per heavy atom. The Morgan fingerprint density at radius 1 is 1.35 bits per heavy atom. The second kappa shape index (κ2) is 6.48. The van der Waals surface area contributed by atoms with Crippen molar-refractivity contribution >= 4 is 29.1 Å². The van der Waals surface area contributed by atoms with Crippen LogP contribution in [0.5, 0.6) is 5.75 Å². The lowest BCUT2D eigenvalue weighted by Gasteiger charge is -2.39. The zero-order valence-electron chi connectivity index (χ0n) is 12.9. The zero-order valence-corrected chi connectivity index (χ0v) is 14.4. The third-order valence-electron chi connectivity index (χ3n) is 4.92. The van der Waals surface area contributed by atoms with Gasteiger partial charge in [0.1, 0.15) is 5.75 Å². The molecule has 0 bridgehead atoms. The number of rotatable bonds is 3. The second-order valence-electron chi connectivity index (χ2n) is 6.39. The molecule has 1 aromatic carbocycles. The minimum atomic E-state index is -0.0386. The van der Waals surface area contributed by atoms with Gasteiger partial charge in [0, 0.05) is 36.7 Å². The van der Waals surface area contributed by atoms with Crippen LogP contribution in [0.3, 0.4) is 0 Å². The summed E-state index contributed by atoms with van der Waals surface area (Å²) < 4.78 is 0. The number of aliphatic hydroxyl groups excluding tert-OH is 1. The van der Waals surface area contributed by atoms with Crippen LogP contribution < -0.4 is 0 Å². The second-order valence-corrected chi connectivity index (χ2v) is 7.17. The van der Waals surface area contributed by atoms with E-state index in [4.69, 9.17) is 23.2 Å². The van der Waals surface area contributed by atoms with Gasteiger partial charge >= 0.3 is 0 Å². The van der Waals surface area contributed by atoms with Gasteiger partial charge in [-0.25, -0.2) is 0 Å². The summed E-state index contributed by atoms with van der Waals surface area (Å²) in [6, 6.07) is 3.15. The van der Waals surface area contributed by atoms with Gasteiger partial charge in [-0.15, -0.1) is 0 Å². The molecule has 23 heavy (non-hydrogen) atoms. The summed E-state index contributed by atoms with van der Waals surface area (Å²) in [6.45, 7) is 3.53. The van der Waals surface area contributed by atoms with E-state index in [1.54, 1.807) is 12.1 Å². The van der Waals surface area contributed by atoms with Crippen molar-refractivity contribution in [3.8, 4) is 5.75 Å². The van der Waals surface area contributed by atoms with Crippen molar-refractivity contribution in [2.75, 3.05) is 26.2 Å². The molecule has 0 radical (unpaired) electrons. The SMILES string of the molecule is C[C@H](CO)N1CC(=O)N2C[C@@H](c3c(O)ccc(Cl)c3Cl)C[C@H]2C1. The van der Waals surface area contributed by atoms with Crippen LogP contribution >= 0.6 is 23.2 Å². The molecule has 126 valence electrons. The Morgan fingerprint density at radius 3 is 2.78 bits per heavy atom. The number of carbonyl (C=O) groups is 1. The van der Waals surface area contributed by atoms with E-state index in [9.17, 15) is 15.0 Å². The van der Waals surface area contributed by atoms with Gasteiger partial charge in [-0.2, -0.15) is 0 Å². The van der Waals surface area contributed by atoms with Gasteiger partial charge in [-0.05, 0) is 25.5 Å². The van der Waals surface area contributed by atoms with E-state index in [1.165, 1.54) is 0 Å². The first-order valence-corrected chi connectivity index (χ1v) is 8.49. The molecule has 0 aromatic heterocycles. The number of phenols is 1. The topological polar surface area (TPSA) is 64.0 Å². The maximum Gasteiger partial charge on any atom is 0.237 e. The molecule has 0 unspecified atom stereocenters. The number of aromatic hydroxyl groups is 1. The number of piperazine rings is 1. The van der Waals surface area contributed by atoms with E-state index in [-0.39, 0.29) is 36.3 Å². The molecule has 1 amide bonds. The van der Waals surface area contributed by atoms with Crippen molar-refractivity contribution in [2.45, 2.75) is 31.3 Å². The highest BCUT2D eigenvalue weighted by atomic mass is 35.5. The van der Waals surface area contributed by atoms with E-state index >= 15 is 0 Å². The maximum absolute atomic E-state index is 12.4. The van der Waals surface area contributed by atoms with Crippen molar-refractivity contribution in [1.29, 1.82) is 0 Å². The Labute approximate surface area is 145 Å². The summed E-state index contributed by atoms with van der Waals surface area (Å²) in [5.41, 5.74) is 0.628. The fourth-order valence-corrected chi connectivity index (χ4v) is 4.08. The van der Waals surface area contributed by atoms with Crippen LogP contribution in [0.25, 0.3) is 0 Å². The number of phenolic OH excluding ortho intramolecular Hbond substituents is 1. The molecule has 2 saturated heterocycles. The standard InChI is InChI=1S/C16H20Cl2N2O3/c1-9(8-21)19-6-11-4-10(5-20(11)14(23)7-19)15-13(22)3-2-12(17)16(15)18/h2-3,9-11,21-22H,4-8H2,1H3/t9-,10+,11+/m1/s1. The van der Waals surface area contributed by atoms with Crippen molar-refractivity contribution < 1.29 is 15.0 Å². The summed E-state index contributed by atoms with van der Waals surface area (Å²) in [5.74, 6) is 0.151. The van der Waals surface area contributed by atoms with Crippen molar-refractivity contribution in [2.24, 2.45) is 0 Å². The summed E-state index contributed by atoms with van der Waals surface area (Å²) >= 11 is 12.3. The lowest BCUT2D eigenvalue weighted by Crippen LogP contribution is -2.56. The number of aliphatic hydroxyl groups is 1. The molecular weight excluding hydrogens is 339 g/mol. The predicted octanol–water partition coefficient (Wildman–Crippen LogP) is 2.08. The molecule has 0 saturated carbocycles. The molecule has 2 aliphatic heterocycles. The minimum Gasteiger partial charge on any atom is -0.508 e. The Balaban J connectivity index is 1.83. The van der Waals surface area contributed by atoms with Gasteiger partial charge in [0.2, 0.25) is 5.91 Å². The molecule has 5 nitrogen and oxygen atoms in total. The van der Waals surface area contributed by atoms with Gasteiger partial charge in [-0.1, -0.05) is 23.2 Å². The van der Waals surface area contributed by atoms with Gasteiger partial charge in [0.05, 0.1) is 23.2 Å². The van der Waals surface area contributed by atoms with Gasteiger partial charge in [-0.3, -0.25) is 9.69 Å². The molecule has 1 aromatic rings. The van der Waals surface area contributed by atoms with E-state index in [0.29, 0.717) is 28.7 Å². The quantitative estimate of drug-likeness (QED) is 0.868. The van der Waals surface area contributed by atoms with Crippen molar-refractivity contribution in [3.63, 3.8) is 0 Å². The third-order valence-corrected chi connectivity index (χ3v) is 5.74. The third kappa shape index (κ3) is 3.03. The summed E-state index contributed by atoms with van der Waals surface area (Å²) in [4.78, 5) is 16.3. The average molecular weight is 359 g/mol. The predicted molar refractivity (Wildman–Crippen MR) is 89.1 cm³/mol. The fourth-order valence-electron chi connectivity index (χ4n) is 3.60. The lowest BCUT2D eigenvalue weighted by atomic mass is 9.95. The number of amides is 1. The summed E-state index contributed by atoms with van der Waals surface area (Å²) in [6.07, 6.45) is 0.730. The highest BCUT2D eigenvalue weighted by Gasteiger charge is 2.42. The molecule has 3 atom stereocenters. The number of hydrogen-bond donors (Lipinski definition) is 2. The largest absolute Gasteiger partial charge is 0.508 e. The van der Waals surface area contributed by atoms with Crippen LogP contribution in [0.15, 0.2) is 12.1 Å². The Kier molecular flexibility index (Phi) is 4.74. The lowest BCUT2D eigenvalue weighted by molar-refractivity contribution is -0.139. The summed E-state index contributed by atoms with van der Waals surface area (Å²) in [5, 5.41) is 20.3. The number of halogens is 2. The first-order valence-electron chi connectivity index (χ1n) is 7.73. The molecule has 2 N–H and O–H groups in total. The Bertz CT molecular complexity index is 626. The van der Waals surface area contributed by atoms with Crippen molar-refractivity contribution in [3.05, 3.63) is 27.7 Å². The molecule has 2 heterocycles. The fraction of sp³-hybridized carbons (Fsp3) is 0.562. The van der Waals surface area contributed by atoms with Gasteiger partial charge in [0.15, 0.2) is 0 Å². The maximum atomic E-state index is 12.4. The normalized spacial score (nSPS) is 26.4. The highest BCUT2D eigenvalue weighted by molar-refractivity contribution is 6.42. The average Bonchev–Trinajstić information content (AvgIpc) is 2.94. The number of nitrogens with zero attached hydrogens (tertiary/aromatic N) is 2. The number of hydrogen-bond acceptors (Lipinski definition) is 4. The molecule has 7 heteroatoms. The smallest absolute Gasteiger partial charge is 0.237 e. The highest BCUT2D eigenvalue weighted by Crippen LogP contribution is 2.43. The Hall–Kier alpha value is -1.01. The van der Waals surface area contributed by atoms with E-state index in [2.05, 4.69) is 0 Å². The van der Waals surface area contributed by atoms with Crippen LogP contribution in [-0.2, 0) is 4.79 Å². The molecule has 2 aliphatic rings. The van der Waals surface area contributed by atoms with Crippen LogP contribution in [0.2, 0.25) is 10.0 Å². The monoisotopic (exact) mass is 358 g/mol. The van der Waals surface area contributed by atoms with Crippen LogP contribution in [0, 0.1) is 0 Å². The van der Waals surface area contributed by atoms with Crippen LogP contribution in [0.4, 0.5) is 0 Å². The number of benzene rings is 1. The van der Waals surface area contributed by atoms with E-state index in [1.807, 2.05) is 16.7 Å². The zero-order chi connectivity index (χ0) is 16.7. The summed E-state index contributed by atoms with van der Waals surface area (Å²) in [7, 11) is 0. The molecular formula is C16H20Cl2N2O3. The first kappa shape index (κ1) is 16.8. The number of fused-ring (bicyclic) bond motifs is 1. The molecule has 2 fully saturated rings. The number of carbonyl (C=O) groups excluding carboxylic acids is 1.